The maximum atomic E-state index is 10.3. The predicted molar refractivity (Wildman–Crippen MR) is 123 cm³/mol. The van der Waals surface area contributed by atoms with Crippen LogP contribution in [0.1, 0.15) is 61.6 Å². The highest BCUT2D eigenvalue weighted by Crippen LogP contribution is 2.42. The van der Waals surface area contributed by atoms with Gasteiger partial charge in [-0.3, -0.25) is 0 Å². The van der Waals surface area contributed by atoms with Gasteiger partial charge in [0.15, 0.2) is 10.9 Å². The number of thiazole rings is 1. The fraction of sp³-hybridized carbons (Fsp3) is 0.400. The van der Waals surface area contributed by atoms with Crippen molar-refractivity contribution in [3.05, 3.63) is 59.1 Å². The van der Waals surface area contributed by atoms with Gasteiger partial charge in [-0.05, 0) is 56.6 Å². The smallest absolute Gasteiger partial charge is 0.187 e. The summed E-state index contributed by atoms with van der Waals surface area (Å²) in [6, 6.07) is 16.7. The summed E-state index contributed by atoms with van der Waals surface area (Å²) in [6.07, 6.45) is 8.64. The van der Waals surface area contributed by atoms with Gasteiger partial charge in [-0.2, -0.15) is 0 Å². The van der Waals surface area contributed by atoms with E-state index in [1.165, 1.54) is 24.1 Å². The Balaban J connectivity index is 1.50. The number of hydrogen-bond acceptors (Lipinski definition) is 5. The number of aryl methyl sites for hydroxylation is 1. The monoisotopic (exact) mass is 420 g/mol. The van der Waals surface area contributed by atoms with Crippen molar-refractivity contribution in [2.45, 2.75) is 63.6 Å². The van der Waals surface area contributed by atoms with Gasteiger partial charge in [-0.15, -0.1) is 11.3 Å². The first-order valence-electron chi connectivity index (χ1n) is 11.1. The number of nitrogens with zero attached hydrogens (tertiary/aromatic N) is 1. The Kier molecular flexibility index (Phi) is 5.73. The fourth-order valence-electron chi connectivity index (χ4n) is 4.52. The van der Waals surface area contributed by atoms with E-state index in [2.05, 4.69) is 47.8 Å². The molecule has 2 aliphatic carbocycles. The van der Waals surface area contributed by atoms with Crippen molar-refractivity contribution in [3.63, 3.8) is 0 Å². The van der Waals surface area contributed by atoms with E-state index in [9.17, 15) is 5.11 Å². The maximum Gasteiger partial charge on any atom is 0.187 e. The number of rotatable bonds is 5. The molecular formula is C25H28N2O2S. The number of para-hydroxylation sites is 1. The number of aliphatic hydroxyl groups is 1. The first-order valence-corrected chi connectivity index (χ1v) is 11.9. The van der Waals surface area contributed by atoms with Crippen LogP contribution in [0.3, 0.4) is 0 Å². The quantitative estimate of drug-likeness (QED) is 0.486. The molecule has 1 fully saturated rings. The molecule has 1 heterocycles. The van der Waals surface area contributed by atoms with Crippen molar-refractivity contribution in [3.8, 4) is 16.9 Å². The molecule has 5 heteroatoms. The number of aliphatic hydroxyl groups excluding tert-OH is 1. The minimum atomic E-state index is -0.436. The van der Waals surface area contributed by atoms with Gasteiger partial charge in [0.25, 0.3) is 0 Å². The number of benzene rings is 2. The summed E-state index contributed by atoms with van der Waals surface area (Å²) in [6.45, 7) is 0. The Labute approximate surface area is 182 Å². The molecule has 0 saturated heterocycles. The first kappa shape index (κ1) is 19.6. The van der Waals surface area contributed by atoms with Crippen LogP contribution in [-0.4, -0.2) is 16.2 Å². The van der Waals surface area contributed by atoms with Gasteiger partial charge in [0.2, 0.25) is 0 Å². The zero-order valence-electron chi connectivity index (χ0n) is 17.1. The summed E-state index contributed by atoms with van der Waals surface area (Å²) in [7, 11) is 0. The highest BCUT2D eigenvalue weighted by atomic mass is 32.1. The Hall–Kier alpha value is -2.37. The molecule has 156 valence electrons. The molecule has 4 nitrogen and oxygen atoms in total. The number of nitrogens with one attached hydrogen (secondary N) is 1. The molecule has 0 spiro atoms. The molecule has 2 N–H and O–H groups in total. The first-order chi connectivity index (χ1) is 14.8. The number of fused-ring (bicyclic) bond motifs is 1. The third-order valence-electron chi connectivity index (χ3n) is 6.10. The molecule has 5 rings (SSSR count). The number of anilines is 2. The maximum absolute atomic E-state index is 10.3. The molecule has 0 aliphatic heterocycles. The zero-order valence-corrected chi connectivity index (χ0v) is 18.0. The van der Waals surface area contributed by atoms with Crippen LogP contribution in [0.2, 0.25) is 0 Å². The molecule has 3 aromatic rings. The van der Waals surface area contributed by atoms with Crippen LogP contribution in [0.15, 0.2) is 48.5 Å². The van der Waals surface area contributed by atoms with E-state index in [1.807, 2.05) is 6.07 Å². The van der Waals surface area contributed by atoms with E-state index in [-0.39, 0.29) is 6.10 Å². The lowest BCUT2D eigenvalue weighted by molar-refractivity contribution is 0.153. The molecule has 1 atom stereocenters. The van der Waals surface area contributed by atoms with Gasteiger partial charge in [0.1, 0.15) is 0 Å². The summed E-state index contributed by atoms with van der Waals surface area (Å²) in [5.41, 5.74) is 4.05. The molecular weight excluding hydrogens is 392 g/mol. The Morgan fingerprint density at radius 1 is 0.933 bits per heavy atom. The van der Waals surface area contributed by atoms with E-state index in [1.54, 1.807) is 11.3 Å². The molecule has 0 bridgehead atoms. The van der Waals surface area contributed by atoms with Crippen LogP contribution in [0, 0.1) is 0 Å². The standard InChI is InChI=1S/C25H28N2O2S/c28-21-15-8-16-22-23(21)27-25(30-22)26-20-14-7-13-19(17-9-3-1-4-10-17)24(20)29-18-11-5-2-6-12-18/h1,3-4,7,9-10,13-14,18,21,28H,2,5-6,8,11-12,15-16H2,(H,26,27). The van der Waals surface area contributed by atoms with Crippen LogP contribution in [0.25, 0.3) is 11.1 Å². The zero-order chi connectivity index (χ0) is 20.3. The molecule has 1 unspecified atom stereocenters. The Morgan fingerprint density at radius 3 is 2.57 bits per heavy atom. The highest BCUT2D eigenvalue weighted by Gasteiger charge is 2.24. The topological polar surface area (TPSA) is 54.4 Å². The van der Waals surface area contributed by atoms with Gasteiger partial charge < -0.3 is 15.2 Å². The van der Waals surface area contributed by atoms with E-state index >= 15 is 0 Å². The van der Waals surface area contributed by atoms with Crippen molar-refractivity contribution in [1.82, 2.24) is 4.98 Å². The molecule has 2 aliphatic rings. The summed E-state index contributed by atoms with van der Waals surface area (Å²) in [4.78, 5) is 5.92. The average molecular weight is 421 g/mol. The predicted octanol–water partition coefficient (Wildman–Crippen LogP) is 6.63. The van der Waals surface area contributed by atoms with Crippen molar-refractivity contribution >= 4 is 22.2 Å². The molecule has 1 aromatic heterocycles. The number of aromatic nitrogens is 1. The third-order valence-corrected chi connectivity index (χ3v) is 7.15. The number of hydrogen-bond donors (Lipinski definition) is 2. The van der Waals surface area contributed by atoms with Gasteiger partial charge in [0, 0.05) is 10.4 Å². The van der Waals surface area contributed by atoms with Crippen LogP contribution < -0.4 is 10.1 Å². The van der Waals surface area contributed by atoms with Crippen LogP contribution in [0.4, 0.5) is 10.8 Å². The normalized spacial score (nSPS) is 19.3. The SMILES string of the molecule is OC1CCCc2sc(Nc3cccc(-c4ccccc4)c3OC3CCCCC3)nc21. The fourth-order valence-corrected chi connectivity index (χ4v) is 5.59. The second-order valence-corrected chi connectivity index (χ2v) is 9.37. The number of ether oxygens (including phenoxy) is 1. The summed E-state index contributed by atoms with van der Waals surface area (Å²) in [5.74, 6) is 0.907. The van der Waals surface area contributed by atoms with Crippen molar-refractivity contribution in [1.29, 1.82) is 0 Å². The van der Waals surface area contributed by atoms with E-state index in [4.69, 9.17) is 9.72 Å². The van der Waals surface area contributed by atoms with E-state index < -0.39 is 6.10 Å². The summed E-state index contributed by atoms with van der Waals surface area (Å²) in [5, 5.41) is 14.7. The van der Waals surface area contributed by atoms with Gasteiger partial charge in [-0.25, -0.2) is 4.98 Å². The molecule has 30 heavy (non-hydrogen) atoms. The van der Waals surface area contributed by atoms with Crippen LogP contribution >= 0.6 is 11.3 Å². The van der Waals surface area contributed by atoms with Crippen molar-refractivity contribution in [2.75, 3.05) is 5.32 Å². The van der Waals surface area contributed by atoms with E-state index in [0.717, 1.165) is 65.5 Å². The van der Waals surface area contributed by atoms with E-state index in [0.29, 0.717) is 0 Å². The largest absolute Gasteiger partial charge is 0.488 e. The minimum absolute atomic E-state index is 0.260. The molecule has 1 saturated carbocycles. The second-order valence-electron chi connectivity index (χ2n) is 8.29. The van der Waals surface area contributed by atoms with Crippen LogP contribution in [0.5, 0.6) is 5.75 Å². The summed E-state index contributed by atoms with van der Waals surface area (Å²) >= 11 is 1.65. The lowest BCUT2D eigenvalue weighted by atomic mass is 9.97. The molecule has 2 aromatic carbocycles. The summed E-state index contributed by atoms with van der Waals surface area (Å²) < 4.78 is 6.63. The van der Waals surface area contributed by atoms with Crippen molar-refractivity contribution in [2.24, 2.45) is 0 Å². The second kappa shape index (κ2) is 8.78. The van der Waals surface area contributed by atoms with Crippen LogP contribution in [-0.2, 0) is 6.42 Å². The Morgan fingerprint density at radius 2 is 1.77 bits per heavy atom. The minimum Gasteiger partial charge on any atom is -0.488 e. The highest BCUT2D eigenvalue weighted by molar-refractivity contribution is 7.15. The van der Waals surface area contributed by atoms with Gasteiger partial charge >= 0.3 is 0 Å². The Bertz CT molecular complexity index is 996. The van der Waals surface area contributed by atoms with Gasteiger partial charge in [0.05, 0.1) is 23.6 Å². The van der Waals surface area contributed by atoms with Crippen molar-refractivity contribution < 1.29 is 9.84 Å². The lowest BCUT2D eigenvalue weighted by Crippen LogP contribution is -2.20. The van der Waals surface area contributed by atoms with Gasteiger partial charge in [-0.1, -0.05) is 48.9 Å². The molecule has 0 radical (unpaired) electrons. The lowest BCUT2D eigenvalue weighted by Gasteiger charge is -2.26. The average Bonchev–Trinajstić information content (AvgIpc) is 3.20. The molecule has 0 amide bonds. The third kappa shape index (κ3) is 4.09.